The number of allylic oxidation sites excluding steroid dienone is 5. The van der Waals surface area contributed by atoms with Crippen molar-refractivity contribution in [1.82, 2.24) is 5.32 Å². The molecule has 0 radical (unpaired) electrons. The quantitative estimate of drug-likeness (QED) is 0.0798. The largest absolute Gasteiger partial charge is 0.478 e. The number of carbonyl (C=O) groups excluding carboxylic acids is 1. The number of benzene rings is 2. The molecule has 0 bridgehead atoms. The molecule has 0 unspecified atom stereocenters. The topological polar surface area (TPSA) is 109 Å². The predicted octanol–water partition coefficient (Wildman–Crippen LogP) is 8.51. The number of amides is 1. The van der Waals surface area contributed by atoms with E-state index >= 15 is 0 Å². The number of fused-ring (bicyclic) bond motifs is 2. The summed E-state index contributed by atoms with van der Waals surface area (Å²) in [7, 11) is 0. The smallest absolute Gasteiger partial charge is 0.407 e. The van der Waals surface area contributed by atoms with Crippen molar-refractivity contribution in [2.24, 2.45) is 4.99 Å². The summed E-state index contributed by atoms with van der Waals surface area (Å²) >= 11 is 5.67. The Labute approximate surface area is 309 Å². The molecule has 2 aromatic rings. The number of nitrogens with one attached hydrogen (secondary N) is 2. The summed E-state index contributed by atoms with van der Waals surface area (Å²) in [6.07, 6.45) is -0.670. The molecule has 0 heterocycles. The van der Waals surface area contributed by atoms with Crippen LogP contribution in [0.3, 0.4) is 0 Å². The number of alkyl halides is 7. The number of anilines is 1. The van der Waals surface area contributed by atoms with Crippen LogP contribution in [0.4, 0.5) is 32.0 Å². The van der Waals surface area contributed by atoms with E-state index < -0.39 is 42.7 Å². The van der Waals surface area contributed by atoms with Crippen molar-refractivity contribution in [3.8, 4) is 0 Å². The molecule has 2 aliphatic rings. The SMILES string of the molecule is CC1(C)C2=C/C(=N/CC(F)(F)F)C=CC2=C(c2cc(C(=O)NCCOCCOCCCCCCCl)ccc2C(=O)O)c2ccc(NCC(F)(F)F)cc21. The third-order valence-corrected chi connectivity index (χ3v) is 8.97. The highest BCUT2D eigenvalue weighted by Gasteiger charge is 2.39. The standard InChI is InChI=1S/C38H42ClF6N3O5/c1-36(2)31-20-25(47-22-37(40,41)42)8-11-28(31)33(29-12-9-26(21-32(29)36)48-23-38(43,44)45)30-19-24(7-10-27(30)35(50)51)34(49)46-14-16-53-18-17-52-15-6-4-3-5-13-39/h7-12,19-21,47H,3-6,13-18,22-23H2,1-2H3,(H,46,49)(H,50,51)/b48-26+. The Morgan fingerprint density at radius 1 is 0.868 bits per heavy atom. The first kappa shape index (κ1) is 41.6. The number of rotatable bonds is 18. The lowest BCUT2D eigenvalue weighted by molar-refractivity contribution is -0.118. The average molecular weight is 770 g/mol. The minimum absolute atomic E-state index is 0.0155. The minimum Gasteiger partial charge on any atom is -0.478 e. The van der Waals surface area contributed by atoms with Gasteiger partial charge in [-0.2, -0.15) is 26.3 Å². The molecular weight excluding hydrogens is 728 g/mol. The molecule has 4 rings (SSSR count). The van der Waals surface area contributed by atoms with Gasteiger partial charge in [0.2, 0.25) is 0 Å². The van der Waals surface area contributed by atoms with Gasteiger partial charge in [0, 0.05) is 35.7 Å². The number of nitrogens with zero attached hydrogens (tertiary/aromatic N) is 1. The number of unbranched alkanes of at least 4 members (excludes halogenated alkanes) is 3. The van der Waals surface area contributed by atoms with Crippen LogP contribution in [0.2, 0.25) is 0 Å². The van der Waals surface area contributed by atoms with Crippen molar-refractivity contribution in [3.05, 3.63) is 93.6 Å². The van der Waals surface area contributed by atoms with E-state index in [1.807, 2.05) is 0 Å². The van der Waals surface area contributed by atoms with Gasteiger partial charge in [-0.05, 0) is 88.7 Å². The fraction of sp³-hybridized carbons (Fsp3) is 0.447. The zero-order chi connectivity index (χ0) is 38.8. The number of carboxylic acid groups (broad SMARTS) is 1. The second kappa shape index (κ2) is 18.3. The third-order valence-electron chi connectivity index (χ3n) is 8.70. The van der Waals surface area contributed by atoms with Gasteiger partial charge in [-0.15, -0.1) is 11.6 Å². The molecule has 1 amide bonds. The molecule has 0 saturated carbocycles. The Balaban J connectivity index is 1.64. The van der Waals surface area contributed by atoms with E-state index in [0.29, 0.717) is 53.5 Å². The lowest BCUT2D eigenvalue weighted by Crippen LogP contribution is -2.30. The second-order valence-electron chi connectivity index (χ2n) is 13.0. The van der Waals surface area contributed by atoms with Gasteiger partial charge >= 0.3 is 18.3 Å². The van der Waals surface area contributed by atoms with Crippen LogP contribution in [0.5, 0.6) is 0 Å². The molecule has 15 heteroatoms. The van der Waals surface area contributed by atoms with E-state index in [2.05, 4.69) is 15.6 Å². The van der Waals surface area contributed by atoms with Crippen molar-refractivity contribution in [3.63, 3.8) is 0 Å². The number of aromatic carboxylic acids is 1. The van der Waals surface area contributed by atoms with Gasteiger partial charge in [0.15, 0.2) is 0 Å². The van der Waals surface area contributed by atoms with E-state index in [9.17, 15) is 41.0 Å². The average Bonchev–Trinajstić information content (AvgIpc) is 3.09. The summed E-state index contributed by atoms with van der Waals surface area (Å²) in [5.41, 5.74) is 1.50. The van der Waals surface area contributed by atoms with Crippen LogP contribution < -0.4 is 10.6 Å². The molecule has 288 valence electrons. The summed E-state index contributed by atoms with van der Waals surface area (Å²) in [4.78, 5) is 29.5. The fourth-order valence-corrected chi connectivity index (χ4v) is 6.30. The zero-order valence-corrected chi connectivity index (χ0v) is 30.1. The maximum atomic E-state index is 13.3. The molecule has 0 aromatic heterocycles. The van der Waals surface area contributed by atoms with Crippen LogP contribution in [-0.4, -0.2) is 87.0 Å². The summed E-state index contributed by atoms with van der Waals surface area (Å²) in [5, 5.41) is 15.4. The van der Waals surface area contributed by atoms with Gasteiger partial charge in [-0.1, -0.05) is 38.8 Å². The van der Waals surface area contributed by atoms with Gasteiger partial charge in [-0.25, -0.2) is 4.79 Å². The number of hydrogen-bond acceptors (Lipinski definition) is 6. The zero-order valence-electron chi connectivity index (χ0n) is 29.4. The van der Waals surface area contributed by atoms with Crippen LogP contribution >= 0.6 is 11.6 Å². The molecule has 2 aliphatic carbocycles. The van der Waals surface area contributed by atoms with E-state index in [4.69, 9.17) is 21.1 Å². The minimum atomic E-state index is -4.56. The maximum Gasteiger partial charge on any atom is 0.407 e. The first-order valence-electron chi connectivity index (χ1n) is 17.1. The highest BCUT2D eigenvalue weighted by molar-refractivity contribution is 6.17. The Kier molecular flexibility index (Phi) is 14.3. The van der Waals surface area contributed by atoms with Gasteiger partial charge in [0.05, 0.1) is 31.1 Å². The fourth-order valence-electron chi connectivity index (χ4n) is 6.11. The van der Waals surface area contributed by atoms with Gasteiger partial charge in [0.1, 0.15) is 13.1 Å². The van der Waals surface area contributed by atoms with Crippen LogP contribution in [-0.2, 0) is 14.9 Å². The molecule has 0 fully saturated rings. The third kappa shape index (κ3) is 11.7. The number of halogens is 7. The summed E-state index contributed by atoms with van der Waals surface area (Å²) < 4.78 is 89.6. The molecule has 53 heavy (non-hydrogen) atoms. The maximum absolute atomic E-state index is 13.3. The molecule has 8 nitrogen and oxygen atoms in total. The van der Waals surface area contributed by atoms with E-state index in [1.165, 1.54) is 42.5 Å². The van der Waals surface area contributed by atoms with Crippen molar-refractivity contribution < 1.29 is 50.5 Å². The van der Waals surface area contributed by atoms with Gasteiger partial charge < -0.3 is 25.2 Å². The second-order valence-corrected chi connectivity index (χ2v) is 13.4. The summed E-state index contributed by atoms with van der Waals surface area (Å²) in [6, 6.07) is 8.58. The monoisotopic (exact) mass is 769 g/mol. The Hall–Kier alpha value is -4.14. The first-order valence-corrected chi connectivity index (χ1v) is 17.6. The molecule has 0 spiro atoms. The molecule has 0 atom stereocenters. The predicted molar refractivity (Wildman–Crippen MR) is 192 cm³/mol. The van der Waals surface area contributed by atoms with Crippen LogP contribution in [0, 0.1) is 0 Å². The highest BCUT2D eigenvalue weighted by Crippen LogP contribution is 2.51. The highest BCUT2D eigenvalue weighted by atomic mass is 35.5. The van der Waals surface area contributed by atoms with Crippen LogP contribution in [0.25, 0.3) is 5.57 Å². The van der Waals surface area contributed by atoms with Crippen molar-refractivity contribution in [1.29, 1.82) is 0 Å². The number of hydrogen-bond donors (Lipinski definition) is 3. The number of carboxylic acids is 1. The molecule has 0 saturated heterocycles. The number of carbonyl (C=O) groups is 2. The van der Waals surface area contributed by atoms with E-state index in [1.54, 1.807) is 26.0 Å². The van der Waals surface area contributed by atoms with Crippen LogP contribution in [0.15, 0.2) is 70.8 Å². The number of ether oxygens (including phenoxy) is 2. The molecular formula is C38H42ClF6N3O5. The van der Waals surface area contributed by atoms with E-state index in [-0.39, 0.29) is 41.2 Å². The lowest BCUT2D eigenvalue weighted by atomic mass is 9.64. The van der Waals surface area contributed by atoms with Crippen LogP contribution in [0.1, 0.15) is 76.9 Å². The van der Waals surface area contributed by atoms with Gasteiger partial charge in [-0.3, -0.25) is 9.79 Å². The summed E-state index contributed by atoms with van der Waals surface area (Å²) in [6.45, 7) is 2.50. The van der Waals surface area contributed by atoms with Crippen molar-refractivity contribution >= 4 is 40.4 Å². The molecule has 0 aliphatic heterocycles. The van der Waals surface area contributed by atoms with E-state index in [0.717, 1.165) is 25.7 Å². The first-order chi connectivity index (χ1) is 25.0. The molecule has 2 aromatic carbocycles. The van der Waals surface area contributed by atoms with Crippen molar-refractivity contribution in [2.75, 3.05) is 57.3 Å². The normalized spacial score (nSPS) is 15.9. The molecule has 3 N–H and O–H groups in total. The summed E-state index contributed by atoms with van der Waals surface area (Å²) in [5.74, 6) is -1.17. The van der Waals surface area contributed by atoms with Gasteiger partial charge in [0.25, 0.3) is 5.91 Å². The Morgan fingerprint density at radius 2 is 1.58 bits per heavy atom. The van der Waals surface area contributed by atoms with Crippen molar-refractivity contribution in [2.45, 2.75) is 57.3 Å². The Morgan fingerprint density at radius 3 is 2.26 bits per heavy atom. The Bertz CT molecular complexity index is 1770. The lowest BCUT2D eigenvalue weighted by Gasteiger charge is -2.39. The number of aliphatic imine (C=N–C) groups is 1.